The average Bonchev–Trinajstić information content (AvgIpc) is 3.11. The zero-order valence-corrected chi connectivity index (χ0v) is 20.2. The molecule has 0 bridgehead atoms. The fraction of sp³-hybridized carbons (Fsp3) is 0.407. The lowest BCUT2D eigenvalue weighted by Gasteiger charge is -2.36. The lowest BCUT2D eigenvalue weighted by molar-refractivity contribution is -0.112. The Balaban J connectivity index is 1.51. The smallest absolute Gasteiger partial charge is 0.340 e. The number of hydrazone groups is 2. The molecule has 1 amide bonds. The van der Waals surface area contributed by atoms with E-state index in [0.717, 1.165) is 12.8 Å². The average molecular weight is 461 g/mol. The molecule has 0 saturated heterocycles. The van der Waals surface area contributed by atoms with E-state index in [4.69, 9.17) is 4.74 Å². The van der Waals surface area contributed by atoms with Gasteiger partial charge in [0.05, 0.1) is 22.6 Å². The number of nitrogens with one attached hydrogen (secondary N) is 1. The molecule has 1 aliphatic heterocycles. The van der Waals surface area contributed by atoms with Gasteiger partial charge < -0.3 is 4.74 Å². The molecule has 7 heteroatoms. The van der Waals surface area contributed by atoms with Crippen molar-refractivity contribution >= 4 is 34.7 Å². The number of hydrogen-bond acceptors (Lipinski definition) is 6. The predicted octanol–water partition coefficient (Wildman–Crippen LogP) is 5.49. The van der Waals surface area contributed by atoms with Gasteiger partial charge in [-0.15, -0.1) is 0 Å². The third-order valence-corrected chi connectivity index (χ3v) is 6.64. The molecule has 2 aliphatic rings. The number of para-hydroxylation sites is 2. The van der Waals surface area contributed by atoms with Crippen LogP contribution in [0.3, 0.4) is 0 Å². The molecule has 1 aliphatic carbocycles. The largest absolute Gasteiger partial charge is 0.458 e. The van der Waals surface area contributed by atoms with Crippen LogP contribution in [0.2, 0.25) is 0 Å². The topological polar surface area (TPSA) is 83.4 Å². The van der Waals surface area contributed by atoms with E-state index in [1.807, 2.05) is 36.4 Å². The van der Waals surface area contributed by atoms with E-state index in [1.54, 1.807) is 25.1 Å². The van der Waals surface area contributed by atoms with Crippen molar-refractivity contribution in [2.45, 2.75) is 53.1 Å². The number of carbonyl (C=O) groups excluding carboxylic acids is 2. The minimum atomic E-state index is -0.373. The Kier molecular flexibility index (Phi) is 7.10. The van der Waals surface area contributed by atoms with Crippen molar-refractivity contribution in [2.24, 2.45) is 28.0 Å². The van der Waals surface area contributed by atoms with E-state index in [1.165, 1.54) is 11.4 Å². The van der Waals surface area contributed by atoms with Crippen LogP contribution < -0.4 is 10.4 Å². The van der Waals surface area contributed by atoms with E-state index >= 15 is 0 Å². The molecular weight excluding hydrogens is 428 g/mol. The van der Waals surface area contributed by atoms with Crippen LogP contribution in [0.4, 0.5) is 11.4 Å². The summed E-state index contributed by atoms with van der Waals surface area (Å²) < 4.78 is 6.03. The summed E-state index contributed by atoms with van der Waals surface area (Å²) in [5.41, 5.74) is 5.16. The Bertz CT molecular complexity index is 1110. The number of carbonyl (C=O) groups is 2. The summed E-state index contributed by atoms with van der Waals surface area (Å²) in [6.45, 7) is 8.32. The molecule has 3 unspecified atom stereocenters. The standard InChI is InChI=1S/C27H32N4O3/c1-17(2)21-15-14-18(3)16-24(21)34-27(33)22-12-8-9-13-23(22)28-29-25-19(4)30-31(26(25)32)20-10-6-5-7-11-20/h5-13,17-18,21,24,28H,14-16H2,1-4H3/b29-25-. The van der Waals surface area contributed by atoms with E-state index in [-0.39, 0.29) is 23.7 Å². The van der Waals surface area contributed by atoms with Gasteiger partial charge in [0.1, 0.15) is 6.10 Å². The van der Waals surface area contributed by atoms with E-state index < -0.39 is 0 Å². The van der Waals surface area contributed by atoms with Crippen LogP contribution >= 0.6 is 0 Å². The van der Waals surface area contributed by atoms with Gasteiger partial charge in [-0.3, -0.25) is 10.2 Å². The van der Waals surface area contributed by atoms with Gasteiger partial charge in [-0.25, -0.2) is 4.79 Å². The van der Waals surface area contributed by atoms with Gasteiger partial charge in [0.25, 0.3) is 0 Å². The summed E-state index contributed by atoms with van der Waals surface area (Å²) in [6.07, 6.45) is 3.02. The second-order valence-corrected chi connectivity index (χ2v) is 9.53. The summed E-state index contributed by atoms with van der Waals surface area (Å²) >= 11 is 0. The van der Waals surface area contributed by atoms with Crippen LogP contribution in [0.25, 0.3) is 0 Å². The predicted molar refractivity (Wildman–Crippen MR) is 135 cm³/mol. The molecule has 0 spiro atoms. The normalized spacial score (nSPS) is 23.9. The summed E-state index contributed by atoms with van der Waals surface area (Å²) in [5.74, 6) is 0.651. The molecular formula is C27H32N4O3. The Morgan fingerprint density at radius 1 is 1.12 bits per heavy atom. The molecule has 1 N–H and O–H groups in total. The lowest BCUT2D eigenvalue weighted by Crippen LogP contribution is -2.36. The minimum absolute atomic E-state index is 0.0964. The zero-order chi connectivity index (χ0) is 24.2. The molecule has 7 nitrogen and oxygen atoms in total. The van der Waals surface area contributed by atoms with E-state index in [9.17, 15) is 9.59 Å². The van der Waals surface area contributed by atoms with Gasteiger partial charge in [-0.2, -0.15) is 15.2 Å². The Labute approximate surface area is 200 Å². The van der Waals surface area contributed by atoms with Crippen LogP contribution in [-0.4, -0.2) is 29.4 Å². The second-order valence-electron chi connectivity index (χ2n) is 9.53. The molecule has 178 valence electrons. The van der Waals surface area contributed by atoms with Crippen LogP contribution in [-0.2, 0) is 9.53 Å². The highest BCUT2D eigenvalue weighted by Crippen LogP contribution is 2.36. The Morgan fingerprint density at radius 3 is 2.56 bits per heavy atom. The maximum Gasteiger partial charge on any atom is 0.340 e. The Hall–Kier alpha value is -3.48. The molecule has 1 fully saturated rings. The fourth-order valence-electron chi connectivity index (χ4n) is 4.70. The first-order chi connectivity index (χ1) is 16.3. The van der Waals surface area contributed by atoms with Gasteiger partial charge in [-0.1, -0.05) is 57.5 Å². The van der Waals surface area contributed by atoms with Gasteiger partial charge in [0.15, 0.2) is 5.71 Å². The van der Waals surface area contributed by atoms with Gasteiger partial charge in [0, 0.05) is 0 Å². The number of hydrogen-bond donors (Lipinski definition) is 1. The number of anilines is 2. The van der Waals surface area contributed by atoms with Crippen LogP contribution in [0, 0.1) is 17.8 Å². The monoisotopic (exact) mass is 460 g/mol. The molecule has 4 rings (SSSR count). The quantitative estimate of drug-likeness (QED) is 0.456. The highest BCUT2D eigenvalue weighted by Gasteiger charge is 2.34. The number of ether oxygens (including phenoxy) is 1. The first-order valence-corrected chi connectivity index (χ1v) is 11.9. The van der Waals surface area contributed by atoms with Crippen molar-refractivity contribution in [3.63, 3.8) is 0 Å². The van der Waals surface area contributed by atoms with Crippen LogP contribution in [0.1, 0.15) is 57.3 Å². The summed E-state index contributed by atoms with van der Waals surface area (Å²) in [5, 5.41) is 9.98. The number of esters is 1. The Morgan fingerprint density at radius 2 is 1.82 bits per heavy atom. The fourth-order valence-corrected chi connectivity index (χ4v) is 4.70. The van der Waals surface area contributed by atoms with Crippen molar-refractivity contribution in [1.82, 2.24) is 0 Å². The summed E-state index contributed by atoms with van der Waals surface area (Å²) in [7, 11) is 0. The number of benzene rings is 2. The third-order valence-electron chi connectivity index (χ3n) is 6.64. The van der Waals surface area contributed by atoms with Crippen molar-refractivity contribution in [1.29, 1.82) is 0 Å². The molecule has 3 atom stereocenters. The molecule has 34 heavy (non-hydrogen) atoms. The van der Waals surface area contributed by atoms with E-state index in [2.05, 4.69) is 36.4 Å². The minimum Gasteiger partial charge on any atom is -0.458 e. The number of rotatable bonds is 6. The molecule has 2 aromatic rings. The van der Waals surface area contributed by atoms with Gasteiger partial charge in [-0.05, 0) is 61.8 Å². The van der Waals surface area contributed by atoms with Crippen LogP contribution in [0.5, 0.6) is 0 Å². The van der Waals surface area contributed by atoms with Crippen molar-refractivity contribution in [3.05, 3.63) is 60.2 Å². The zero-order valence-electron chi connectivity index (χ0n) is 20.2. The number of nitrogens with zero attached hydrogens (tertiary/aromatic N) is 3. The summed E-state index contributed by atoms with van der Waals surface area (Å²) in [6, 6.07) is 16.3. The highest BCUT2D eigenvalue weighted by atomic mass is 16.5. The molecule has 0 aromatic heterocycles. The maximum absolute atomic E-state index is 13.2. The summed E-state index contributed by atoms with van der Waals surface area (Å²) in [4.78, 5) is 26.1. The first-order valence-electron chi connectivity index (χ1n) is 11.9. The van der Waals surface area contributed by atoms with E-state index in [0.29, 0.717) is 40.4 Å². The molecule has 1 saturated carbocycles. The number of amides is 1. The maximum atomic E-state index is 13.2. The van der Waals surface area contributed by atoms with Gasteiger partial charge in [0.2, 0.25) is 0 Å². The van der Waals surface area contributed by atoms with Crippen molar-refractivity contribution in [3.8, 4) is 0 Å². The highest BCUT2D eigenvalue weighted by molar-refractivity contribution is 6.71. The SMILES string of the molecule is CC1=NN(c2ccccc2)C(=O)/C1=N\Nc1ccccc1C(=O)OC1CC(C)CCC1C(C)C. The van der Waals surface area contributed by atoms with Crippen molar-refractivity contribution in [2.75, 3.05) is 10.4 Å². The molecule has 0 radical (unpaired) electrons. The van der Waals surface area contributed by atoms with Crippen molar-refractivity contribution < 1.29 is 14.3 Å². The first kappa shape index (κ1) is 23.7. The molecule has 2 aromatic carbocycles. The van der Waals surface area contributed by atoms with Crippen LogP contribution in [0.15, 0.2) is 64.8 Å². The lowest BCUT2D eigenvalue weighted by atomic mass is 9.75. The van der Waals surface area contributed by atoms with Gasteiger partial charge >= 0.3 is 11.9 Å². The third kappa shape index (κ3) is 5.03. The second kappa shape index (κ2) is 10.2. The molecule has 1 heterocycles.